The molecular formula is C19H21BrN2O2S. The number of carbonyl (C=O) groups is 1. The highest BCUT2D eigenvalue weighted by Crippen LogP contribution is 2.28. The van der Waals surface area contributed by atoms with Crippen molar-refractivity contribution in [2.24, 2.45) is 5.92 Å². The van der Waals surface area contributed by atoms with E-state index in [2.05, 4.69) is 39.0 Å². The largest absolute Gasteiger partial charge is 0.492 e. The summed E-state index contributed by atoms with van der Waals surface area (Å²) in [5.74, 6) is 1.13. The molecule has 1 atom stereocenters. The first kappa shape index (κ1) is 17.1. The van der Waals surface area contributed by atoms with Gasteiger partial charge in [-0.1, -0.05) is 18.2 Å². The summed E-state index contributed by atoms with van der Waals surface area (Å²) in [7, 11) is 0. The molecule has 1 fully saturated rings. The zero-order valence-corrected chi connectivity index (χ0v) is 16.4. The first-order valence-electron chi connectivity index (χ1n) is 8.65. The van der Waals surface area contributed by atoms with Crippen molar-refractivity contribution in [2.75, 3.05) is 32.8 Å². The molecule has 4 nitrogen and oxygen atoms in total. The number of hydrogen-bond acceptors (Lipinski definition) is 4. The molecule has 2 aliphatic heterocycles. The minimum absolute atomic E-state index is 0.0466. The van der Waals surface area contributed by atoms with Crippen molar-refractivity contribution in [3.8, 4) is 5.75 Å². The van der Waals surface area contributed by atoms with Gasteiger partial charge in [0, 0.05) is 37.6 Å². The van der Waals surface area contributed by atoms with Crippen LogP contribution in [-0.2, 0) is 17.8 Å². The van der Waals surface area contributed by atoms with E-state index in [-0.39, 0.29) is 11.8 Å². The SMILES string of the molecule is O=C(C1COc2ccccc2C1)N1CCN(Cc2ccc(Br)s2)CC1. The van der Waals surface area contributed by atoms with Gasteiger partial charge in [-0.15, -0.1) is 11.3 Å². The number of nitrogens with zero attached hydrogens (tertiary/aromatic N) is 2. The highest BCUT2D eigenvalue weighted by molar-refractivity contribution is 9.11. The van der Waals surface area contributed by atoms with Crippen molar-refractivity contribution in [3.05, 3.63) is 50.6 Å². The third kappa shape index (κ3) is 3.91. The quantitative estimate of drug-likeness (QED) is 0.762. The van der Waals surface area contributed by atoms with Gasteiger partial charge in [-0.05, 0) is 46.1 Å². The predicted octanol–water partition coefficient (Wildman–Crippen LogP) is 3.41. The molecule has 1 unspecified atom stereocenters. The summed E-state index contributed by atoms with van der Waals surface area (Å²) in [6, 6.07) is 12.3. The van der Waals surface area contributed by atoms with Crippen LogP contribution in [0.5, 0.6) is 5.75 Å². The first-order chi connectivity index (χ1) is 12.2. The molecule has 0 bridgehead atoms. The van der Waals surface area contributed by atoms with Crippen molar-refractivity contribution in [2.45, 2.75) is 13.0 Å². The van der Waals surface area contributed by atoms with Gasteiger partial charge in [-0.25, -0.2) is 0 Å². The van der Waals surface area contributed by atoms with E-state index in [9.17, 15) is 4.79 Å². The summed E-state index contributed by atoms with van der Waals surface area (Å²) in [5.41, 5.74) is 1.15. The second kappa shape index (κ2) is 7.48. The Kier molecular flexibility index (Phi) is 5.10. The number of benzene rings is 1. The standard InChI is InChI=1S/C19H21BrN2O2S/c20-18-6-5-16(25-18)12-21-7-9-22(10-8-21)19(23)15-11-14-3-1-2-4-17(14)24-13-15/h1-6,15H,7-13H2. The van der Waals surface area contributed by atoms with Crippen LogP contribution in [0.1, 0.15) is 10.4 Å². The smallest absolute Gasteiger partial charge is 0.229 e. The number of halogens is 1. The van der Waals surface area contributed by atoms with Gasteiger partial charge in [0.2, 0.25) is 5.91 Å². The number of piperazine rings is 1. The van der Waals surface area contributed by atoms with E-state index >= 15 is 0 Å². The molecular weight excluding hydrogens is 400 g/mol. The molecule has 0 radical (unpaired) electrons. The topological polar surface area (TPSA) is 32.8 Å². The third-order valence-electron chi connectivity index (χ3n) is 4.92. The van der Waals surface area contributed by atoms with Crippen LogP contribution in [0, 0.1) is 5.92 Å². The number of thiophene rings is 1. The van der Waals surface area contributed by atoms with Gasteiger partial charge in [0.15, 0.2) is 0 Å². The second-order valence-electron chi connectivity index (χ2n) is 6.63. The lowest BCUT2D eigenvalue weighted by molar-refractivity contribution is -0.138. The number of fused-ring (bicyclic) bond motifs is 1. The van der Waals surface area contributed by atoms with Crippen LogP contribution in [-0.4, -0.2) is 48.5 Å². The van der Waals surface area contributed by atoms with E-state index in [1.807, 2.05) is 23.1 Å². The Morgan fingerprint density at radius 2 is 1.96 bits per heavy atom. The fourth-order valence-electron chi connectivity index (χ4n) is 3.53. The van der Waals surface area contributed by atoms with Gasteiger partial charge in [-0.2, -0.15) is 0 Å². The average Bonchev–Trinajstić information content (AvgIpc) is 3.06. The lowest BCUT2D eigenvalue weighted by Gasteiger charge is -2.37. The predicted molar refractivity (Wildman–Crippen MR) is 103 cm³/mol. The molecule has 0 N–H and O–H groups in total. The van der Waals surface area contributed by atoms with Crippen molar-refractivity contribution in [1.29, 1.82) is 0 Å². The highest BCUT2D eigenvalue weighted by atomic mass is 79.9. The Labute approximate surface area is 160 Å². The third-order valence-corrected chi connectivity index (χ3v) is 6.53. The fraction of sp³-hybridized carbons (Fsp3) is 0.421. The molecule has 1 aromatic carbocycles. The molecule has 0 spiro atoms. The summed E-state index contributed by atoms with van der Waals surface area (Å²) in [4.78, 5) is 18.7. The molecule has 1 amide bonds. The highest BCUT2D eigenvalue weighted by Gasteiger charge is 2.31. The number of carbonyl (C=O) groups excluding carboxylic acids is 1. The van der Waals surface area contributed by atoms with Crippen molar-refractivity contribution in [3.63, 3.8) is 0 Å². The lowest BCUT2D eigenvalue weighted by atomic mass is 9.95. The summed E-state index contributed by atoms with van der Waals surface area (Å²) in [6.45, 7) is 4.96. The summed E-state index contributed by atoms with van der Waals surface area (Å²) in [6.07, 6.45) is 0.790. The van der Waals surface area contributed by atoms with Crippen LogP contribution in [0.2, 0.25) is 0 Å². The average molecular weight is 421 g/mol. The van der Waals surface area contributed by atoms with Crippen molar-refractivity contribution < 1.29 is 9.53 Å². The minimum Gasteiger partial charge on any atom is -0.492 e. The molecule has 3 heterocycles. The Morgan fingerprint density at radius 3 is 2.72 bits per heavy atom. The fourth-order valence-corrected chi connectivity index (χ4v) is 5.05. The van der Waals surface area contributed by atoms with Crippen molar-refractivity contribution >= 4 is 33.2 Å². The van der Waals surface area contributed by atoms with Gasteiger partial charge in [0.05, 0.1) is 9.70 Å². The summed E-state index contributed by atoms with van der Waals surface area (Å²) in [5, 5.41) is 0. The summed E-state index contributed by atoms with van der Waals surface area (Å²) < 4.78 is 6.96. The molecule has 2 aromatic rings. The molecule has 132 valence electrons. The normalized spacial score (nSPS) is 20.8. The van der Waals surface area contributed by atoms with Crippen LogP contribution in [0.25, 0.3) is 0 Å². The zero-order valence-electron chi connectivity index (χ0n) is 14.0. The molecule has 25 heavy (non-hydrogen) atoms. The lowest BCUT2D eigenvalue weighted by Crippen LogP contribution is -2.51. The van der Waals surface area contributed by atoms with Gasteiger partial charge in [0.25, 0.3) is 0 Å². The summed E-state index contributed by atoms with van der Waals surface area (Å²) >= 11 is 5.30. The Hall–Kier alpha value is -1.37. The number of rotatable bonds is 3. The zero-order chi connectivity index (χ0) is 17.2. The molecule has 4 rings (SSSR count). The minimum atomic E-state index is -0.0466. The number of ether oxygens (including phenoxy) is 1. The molecule has 0 saturated carbocycles. The van der Waals surface area contributed by atoms with Crippen LogP contribution in [0.3, 0.4) is 0 Å². The van der Waals surface area contributed by atoms with E-state index in [1.54, 1.807) is 11.3 Å². The molecule has 6 heteroatoms. The van der Waals surface area contributed by atoms with E-state index < -0.39 is 0 Å². The number of hydrogen-bond donors (Lipinski definition) is 0. The van der Waals surface area contributed by atoms with Gasteiger partial charge in [-0.3, -0.25) is 9.69 Å². The molecule has 2 aliphatic rings. The number of amides is 1. The van der Waals surface area contributed by atoms with Crippen LogP contribution >= 0.6 is 27.3 Å². The van der Waals surface area contributed by atoms with Gasteiger partial charge < -0.3 is 9.64 Å². The van der Waals surface area contributed by atoms with Gasteiger partial charge in [0.1, 0.15) is 12.4 Å². The van der Waals surface area contributed by atoms with E-state index in [4.69, 9.17) is 4.74 Å². The van der Waals surface area contributed by atoms with E-state index in [0.717, 1.165) is 50.5 Å². The molecule has 1 saturated heterocycles. The molecule has 0 aliphatic carbocycles. The number of para-hydroxylation sites is 1. The van der Waals surface area contributed by atoms with E-state index in [1.165, 1.54) is 8.66 Å². The Balaban J connectivity index is 1.31. The molecule has 1 aromatic heterocycles. The van der Waals surface area contributed by atoms with Crippen LogP contribution < -0.4 is 4.74 Å². The maximum Gasteiger partial charge on any atom is 0.229 e. The maximum atomic E-state index is 12.9. The van der Waals surface area contributed by atoms with Crippen LogP contribution in [0.15, 0.2) is 40.2 Å². The van der Waals surface area contributed by atoms with Crippen LogP contribution in [0.4, 0.5) is 0 Å². The Bertz CT molecular complexity index is 755. The first-order valence-corrected chi connectivity index (χ1v) is 10.3. The Morgan fingerprint density at radius 1 is 1.16 bits per heavy atom. The van der Waals surface area contributed by atoms with Crippen molar-refractivity contribution in [1.82, 2.24) is 9.80 Å². The van der Waals surface area contributed by atoms with E-state index in [0.29, 0.717) is 6.61 Å². The van der Waals surface area contributed by atoms with Gasteiger partial charge >= 0.3 is 0 Å². The second-order valence-corrected chi connectivity index (χ2v) is 9.17. The monoisotopic (exact) mass is 420 g/mol. The maximum absolute atomic E-state index is 12.9.